The number of carbonyl (C=O) groups is 1. The number of thiophene rings is 1. The molecule has 5 rings (SSSR count). The molecule has 3 heterocycles. The minimum Gasteiger partial charge on any atom is -0.385 e. The van der Waals surface area contributed by atoms with E-state index in [0.717, 1.165) is 26.4 Å². The Labute approximate surface area is 205 Å². The van der Waals surface area contributed by atoms with Gasteiger partial charge in [-0.1, -0.05) is 29.8 Å². The Balaban J connectivity index is 1.20. The van der Waals surface area contributed by atoms with Crippen molar-refractivity contribution in [2.24, 2.45) is 0 Å². The monoisotopic (exact) mass is 495 g/mol. The SMILES string of the molecule is O=C(c1ccc(NSc2csc3cccnc23)cc1)N1CCC(O)(c2ccccc2Cl)CC1. The molecule has 33 heavy (non-hydrogen) atoms. The highest BCUT2D eigenvalue weighted by Gasteiger charge is 2.36. The van der Waals surface area contributed by atoms with Crippen LogP contribution in [0.4, 0.5) is 5.69 Å². The third kappa shape index (κ3) is 4.59. The smallest absolute Gasteiger partial charge is 0.253 e. The Bertz CT molecular complexity index is 1280. The van der Waals surface area contributed by atoms with Gasteiger partial charge in [-0.2, -0.15) is 0 Å². The summed E-state index contributed by atoms with van der Waals surface area (Å²) in [5, 5.41) is 13.7. The lowest BCUT2D eigenvalue weighted by atomic mass is 9.84. The number of hydrogen-bond acceptors (Lipinski definition) is 6. The van der Waals surface area contributed by atoms with Crippen LogP contribution in [0, 0.1) is 0 Å². The third-order valence-corrected chi connectivity index (χ3v) is 8.25. The summed E-state index contributed by atoms with van der Waals surface area (Å²) in [7, 11) is 0. The lowest BCUT2D eigenvalue weighted by Crippen LogP contribution is -2.45. The maximum absolute atomic E-state index is 13.0. The molecule has 2 aromatic carbocycles. The number of nitrogens with one attached hydrogen (secondary N) is 1. The number of hydrogen-bond donors (Lipinski definition) is 2. The number of aliphatic hydroxyl groups is 1. The number of halogens is 1. The molecule has 8 heteroatoms. The molecule has 0 aliphatic carbocycles. The van der Waals surface area contributed by atoms with Gasteiger partial charge in [0, 0.05) is 46.5 Å². The van der Waals surface area contributed by atoms with E-state index < -0.39 is 5.60 Å². The molecule has 5 nitrogen and oxygen atoms in total. The Morgan fingerprint density at radius 1 is 1.09 bits per heavy atom. The lowest BCUT2D eigenvalue weighted by Gasteiger charge is -2.39. The van der Waals surface area contributed by atoms with Crippen LogP contribution in [-0.4, -0.2) is 34.0 Å². The van der Waals surface area contributed by atoms with E-state index in [1.165, 1.54) is 11.9 Å². The summed E-state index contributed by atoms with van der Waals surface area (Å²) >= 11 is 9.48. The highest BCUT2D eigenvalue weighted by atomic mass is 35.5. The molecule has 2 N–H and O–H groups in total. The Morgan fingerprint density at radius 2 is 1.85 bits per heavy atom. The van der Waals surface area contributed by atoms with Gasteiger partial charge in [-0.3, -0.25) is 9.78 Å². The van der Waals surface area contributed by atoms with Crippen molar-refractivity contribution in [2.75, 3.05) is 17.8 Å². The summed E-state index contributed by atoms with van der Waals surface area (Å²) in [5.41, 5.74) is 2.28. The number of nitrogens with zero attached hydrogens (tertiary/aromatic N) is 2. The van der Waals surface area contributed by atoms with Gasteiger partial charge in [-0.05, 0) is 67.3 Å². The summed E-state index contributed by atoms with van der Waals surface area (Å²) in [4.78, 5) is 20.3. The van der Waals surface area contributed by atoms with E-state index in [1.807, 2.05) is 48.5 Å². The van der Waals surface area contributed by atoms with Crippen LogP contribution >= 0.6 is 34.9 Å². The fourth-order valence-corrected chi connectivity index (χ4v) is 6.19. The average Bonchev–Trinajstić information content (AvgIpc) is 3.26. The number of piperidine rings is 1. The molecule has 4 aromatic rings. The number of anilines is 1. The number of pyridine rings is 1. The lowest BCUT2D eigenvalue weighted by molar-refractivity contribution is -0.0210. The fraction of sp³-hybridized carbons (Fsp3) is 0.200. The van der Waals surface area contributed by atoms with Gasteiger partial charge < -0.3 is 14.7 Å². The van der Waals surface area contributed by atoms with Crippen LogP contribution in [0.15, 0.2) is 77.1 Å². The normalized spacial score (nSPS) is 15.5. The molecule has 1 aliphatic rings. The second kappa shape index (κ2) is 9.35. The van der Waals surface area contributed by atoms with E-state index in [-0.39, 0.29) is 5.91 Å². The number of likely N-dealkylation sites (tertiary alicyclic amines) is 1. The Kier molecular flexibility index (Phi) is 6.29. The van der Waals surface area contributed by atoms with Crippen molar-refractivity contribution >= 4 is 56.7 Å². The van der Waals surface area contributed by atoms with Gasteiger partial charge in [0.15, 0.2) is 0 Å². The summed E-state index contributed by atoms with van der Waals surface area (Å²) in [5.74, 6) is -0.0246. The third-order valence-electron chi connectivity index (χ3n) is 5.96. The van der Waals surface area contributed by atoms with Crippen LogP contribution < -0.4 is 4.72 Å². The molecule has 1 aliphatic heterocycles. The average molecular weight is 496 g/mol. The second-order valence-corrected chi connectivity index (χ2v) is 10.2. The maximum atomic E-state index is 13.0. The molecular formula is C25H22ClN3O2S2. The predicted octanol–water partition coefficient (Wildman–Crippen LogP) is 6.19. The van der Waals surface area contributed by atoms with Crippen molar-refractivity contribution in [1.82, 2.24) is 9.88 Å². The summed E-state index contributed by atoms with van der Waals surface area (Å²) in [6.45, 7) is 0.962. The van der Waals surface area contributed by atoms with Gasteiger partial charge in [0.05, 0.1) is 20.7 Å². The van der Waals surface area contributed by atoms with Gasteiger partial charge in [-0.25, -0.2) is 0 Å². The van der Waals surface area contributed by atoms with Crippen molar-refractivity contribution in [3.8, 4) is 0 Å². The largest absolute Gasteiger partial charge is 0.385 e. The van der Waals surface area contributed by atoms with Crippen molar-refractivity contribution in [3.05, 3.63) is 88.4 Å². The maximum Gasteiger partial charge on any atom is 0.253 e. The summed E-state index contributed by atoms with van der Waals surface area (Å²) in [6, 6.07) is 18.9. The topological polar surface area (TPSA) is 65.5 Å². The summed E-state index contributed by atoms with van der Waals surface area (Å²) in [6.07, 6.45) is 2.72. The molecule has 1 amide bonds. The molecule has 2 aromatic heterocycles. The van der Waals surface area contributed by atoms with E-state index in [1.54, 1.807) is 28.5 Å². The number of aromatic nitrogens is 1. The van der Waals surface area contributed by atoms with Crippen LogP contribution in [0.5, 0.6) is 0 Å². The summed E-state index contributed by atoms with van der Waals surface area (Å²) < 4.78 is 4.49. The van der Waals surface area contributed by atoms with Crippen LogP contribution in [0.1, 0.15) is 28.8 Å². The minimum absolute atomic E-state index is 0.0246. The van der Waals surface area contributed by atoms with Crippen molar-refractivity contribution in [3.63, 3.8) is 0 Å². The van der Waals surface area contributed by atoms with Gasteiger partial charge in [-0.15, -0.1) is 11.3 Å². The first kappa shape index (κ1) is 22.2. The van der Waals surface area contributed by atoms with E-state index in [9.17, 15) is 9.90 Å². The first-order chi connectivity index (χ1) is 16.0. The van der Waals surface area contributed by atoms with Gasteiger partial charge in [0.1, 0.15) is 0 Å². The Morgan fingerprint density at radius 3 is 2.61 bits per heavy atom. The molecular weight excluding hydrogens is 474 g/mol. The van der Waals surface area contributed by atoms with Crippen LogP contribution in [0.3, 0.4) is 0 Å². The standard InChI is InChI=1S/C25H22ClN3O2S2/c26-20-5-2-1-4-19(20)25(31)11-14-29(15-12-25)24(30)17-7-9-18(10-8-17)28-33-22-16-32-21-6-3-13-27-23(21)22/h1-10,13,16,28,31H,11-12,14-15H2. The predicted molar refractivity (Wildman–Crippen MR) is 136 cm³/mol. The van der Waals surface area contributed by atoms with E-state index >= 15 is 0 Å². The number of carbonyl (C=O) groups excluding carboxylic acids is 1. The number of fused-ring (bicyclic) bond motifs is 1. The van der Waals surface area contributed by atoms with Gasteiger partial charge in [0.2, 0.25) is 0 Å². The van der Waals surface area contributed by atoms with E-state index in [2.05, 4.69) is 21.2 Å². The zero-order valence-electron chi connectivity index (χ0n) is 17.7. The van der Waals surface area contributed by atoms with Crippen LogP contribution in [-0.2, 0) is 5.60 Å². The fourth-order valence-electron chi connectivity index (χ4n) is 4.08. The number of benzene rings is 2. The first-order valence-electron chi connectivity index (χ1n) is 10.7. The molecule has 0 spiro atoms. The quantitative estimate of drug-likeness (QED) is 0.323. The van der Waals surface area contributed by atoms with Crippen LogP contribution in [0.25, 0.3) is 10.2 Å². The molecule has 0 bridgehead atoms. The van der Waals surface area contributed by atoms with Crippen molar-refractivity contribution in [1.29, 1.82) is 0 Å². The zero-order chi connectivity index (χ0) is 22.8. The number of rotatable bonds is 5. The van der Waals surface area contributed by atoms with Crippen molar-refractivity contribution < 1.29 is 9.90 Å². The molecule has 0 radical (unpaired) electrons. The highest BCUT2D eigenvalue weighted by molar-refractivity contribution is 8.01. The van der Waals surface area contributed by atoms with Gasteiger partial charge >= 0.3 is 0 Å². The molecule has 0 saturated carbocycles. The minimum atomic E-state index is -0.999. The first-order valence-corrected chi connectivity index (χ1v) is 12.7. The molecule has 168 valence electrons. The molecule has 1 fully saturated rings. The zero-order valence-corrected chi connectivity index (χ0v) is 20.1. The van der Waals surface area contributed by atoms with E-state index in [4.69, 9.17) is 11.6 Å². The second-order valence-electron chi connectivity index (χ2n) is 8.04. The van der Waals surface area contributed by atoms with Crippen molar-refractivity contribution in [2.45, 2.75) is 23.3 Å². The number of amides is 1. The van der Waals surface area contributed by atoms with Crippen LogP contribution in [0.2, 0.25) is 5.02 Å². The van der Waals surface area contributed by atoms with Gasteiger partial charge in [0.25, 0.3) is 5.91 Å². The van der Waals surface area contributed by atoms with E-state index in [0.29, 0.717) is 36.5 Å². The molecule has 0 unspecified atom stereocenters. The highest BCUT2D eigenvalue weighted by Crippen LogP contribution is 2.37. The molecule has 0 atom stereocenters. The molecule has 1 saturated heterocycles. The Hall–Kier alpha value is -2.58.